The van der Waals surface area contributed by atoms with Crippen LogP contribution in [0.25, 0.3) is 0 Å². The molecule has 1 saturated carbocycles. The van der Waals surface area contributed by atoms with Crippen LogP contribution in [0.1, 0.15) is 36.0 Å². The minimum atomic E-state index is -0.0552. The molecule has 0 radical (unpaired) electrons. The maximum Gasteiger partial charge on any atom is 0.0991 e. The van der Waals surface area contributed by atoms with Crippen LogP contribution in [-0.4, -0.2) is 17.3 Å². The summed E-state index contributed by atoms with van der Waals surface area (Å²) in [6.07, 6.45) is 3.30. The Balaban J connectivity index is 2.02. The summed E-state index contributed by atoms with van der Waals surface area (Å²) in [5, 5.41) is 21.6. The minimum absolute atomic E-state index is 0.0552. The van der Waals surface area contributed by atoms with Crippen molar-refractivity contribution in [2.24, 2.45) is 0 Å². The standard InChI is InChI=1S/C14H18N2O/c1-11-7-12(8-15)3-4-13(11)9-16-14(10-17)5-2-6-14/h3-4,7,16-17H,2,5-6,9-10H2,1H3. The minimum Gasteiger partial charge on any atom is -0.394 e. The molecule has 0 aromatic heterocycles. The number of nitriles is 1. The first-order valence-electron chi connectivity index (χ1n) is 6.05. The van der Waals surface area contributed by atoms with Gasteiger partial charge in [-0.15, -0.1) is 0 Å². The normalized spacial score (nSPS) is 17.2. The highest BCUT2D eigenvalue weighted by Gasteiger charge is 2.35. The van der Waals surface area contributed by atoms with Gasteiger partial charge in [-0.05, 0) is 49.4 Å². The van der Waals surface area contributed by atoms with Gasteiger partial charge in [0.1, 0.15) is 0 Å². The Morgan fingerprint density at radius 3 is 2.71 bits per heavy atom. The topological polar surface area (TPSA) is 56.0 Å². The predicted octanol–water partition coefficient (Wildman–Crippen LogP) is 1.87. The van der Waals surface area contributed by atoms with E-state index in [-0.39, 0.29) is 12.1 Å². The Morgan fingerprint density at radius 1 is 1.47 bits per heavy atom. The number of aliphatic hydroxyl groups is 1. The van der Waals surface area contributed by atoms with Gasteiger partial charge in [-0.2, -0.15) is 5.26 Å². The van der Waals surface area contributed by atoms with Gasteiger partial charge in [0, 0.05) is 12.1 Å². The van der Waals surface area contributed by atoms with Crippen LogP contribution >= 0.6 is 0 Å². The summed E-state index contributed by atoms with van der Waals surface area (Å²) in [4.78, 5) is 0. The zero-order chi connectivity index (χ0) is 12.3. The molecule has 1 fully saturated rings. The van der Waals surface area contributed by atoms with Crippen molar-refractivity contribution in [3.63, 3.8) is 0 Å². The molecule has 0 aliphatic heterocycles. The van der Waals surface area contributed by atoms with Crippen LogP contribution in [0.15, 0.2) is 18.2 Å². The van der Waals surface area contributed by atoms with Crippen molar-refractivity contribution in [2.75, 3.05) is 6.61 Å². The number of hydrogen-bond donors (Lipinski definition) is 2. The number of rotatable bonds is 4. The van der Waals surface area contributed by atoms with Crippen molar-refractivity contribution in [1.82, 2.24) is 5.32 Å². The summed E-state index contributed by atoms with van der Waals surface area (Å²) in [6.45, 7) is 2.99. The van der Waals surface area contributed by atoms with Crippen molar-refractivity contribution in [3.8, 4) is 6.07 Å². The first-order chi connectivity index (χ1) is 8.19. The molecule has 0 heterocycles. The van der Waals surface area contributed by atoms with Crippen LogP contribution in [-0.2, 0) is 6.54 Å². The Kier molecular flexibility index (Phi) is 3.46. The molecule has 2 N–H and O–H groups in total. The summed E-state index contributed by atoms with van der Waals surface area (Å²) in [7, 11) is 0. The Labute approximate surface area is 102 Å². The summed E-state index contributed by atoms with van der Waals surface area (Å²) in [5.41, 5.74) is 2.97. The van der Waals surface area contributed by atoms with Crippen molar-refractivity contribution in [1.29, 1.82) is 5.26 Å². The van der Waals surface area contributed by atoms with Gasteiger partial charge in [0.25, 0.3) is 0 Å². The number of aryl methyl sites for hydroxylation is 1. The molecule has 17 heavy (non-hydrogen) atoms. The molecule has 90 valence electrons. The average molecular weight is 230 g/mol. The largest absolute Gasteiger partial charge is 0.394 e. The van der Waals surface area contributed by atoms with Gasteiger partial charge in [-0.25, -0.2) is 0 Å². The van der Waals surface area contributed by atoms with Crippen LogP contribution in [0.5, 0.6) is 0 Å². The summed E-state index contributed by atoms with van der Waals surface area (Å²) < 4.78 is 0. The highest BCUT2D eigenvalue weighted by Crippen LogP contribution is 2.31. The van der Waals surface area contributed by atoms with Gasteiger partial charge in [-0.3, -0.25) is 0 Å². The quantitative estimate of drug-likeness (QED) is 0.830. The van der Waals surface area contributed by atoms with Gasteiger partial charge >= 0.3 is 0 Å². The van der Waals surface area contributed by atoms with Crippen molar-refractivity contribution >= 4 is 0 Å². The van der Waals surface area contributed by atoms with Gasteiger partial charge in [0.05, 0.1) is 18.2 Å². The molecular weight excluding hydrogens is 212 g/mol. The van der Waals surface area contributed by atoms with Crippen molar-refractivity contribution in [2.45, 2.75) is 38.3 Å². The first kappa shape index (κ1) is 12.1. The first-order valence-corrected chi connectivity index (χ1v) is 6.05. The Bertz CT molecular complexity index is 439. The summed E-state index contributed by atoms with van der Waals surface area (Å²) >= 11 is 0. The van der Waals surface area contributed by atoms with E-state index in [1.165, 1.54) is 12.0 Å². The predicted molar refractivity (Wildman–Crippen MR) is 66.4 cm³/mol. The molecule has 0 spiro atoms. The third-order valence-corrected chi connectivity index (χ3v) is 3.74. The Morgan fingerprint density at radius 2 is 2.24 bits per heavy atom. The van der Waals surface area contributed by atoms with Gasteiger partial charge in [-0.1, -0.05) is 6.07 Å². The van der Waals surface area contributed by atoms with E-state index >= 15 is 0 Å². The van der Waals surface area contributed by atoms with E-state index in [0.29, 0.717) is 5.56 Å². The number of benzene rings is 1. The SMILES string of the molecule is Cc1cc(C#N)ccc1CNC1(CO)CCC1. The number of nitrogens with zero attached hydrogens (tertiary/aromatic N) is 1. The van der Waals surface area contributed by atoms with E-state index < -0.39 is 0 Å². The summed E-state index contributed by atoms with van der Waals surface area (Å²) in [5.74, 6) is 0. The highest BCUT2D eigenvalue weighted by molar-refractivity contribution is 5.37. The average Bonchev–Trinajstić information content (AvgIpc) is 2.30. The van der Waals surface area contributed by atoms with Gasteiger partial charge < -0.3 is 10.4 Å². The van der Waals surface area contributed by atoms with E-state index in [1.54, 1.807) is 0 Å². The van der Waals surface area contributed by atoms with E-state index in [0.717, 1.165) is 24.9 Å². The maximum atomic E-state index is 9.36. The fourth-order valence-corrected chi connectivity index (χ4v) is 2.24. The monoisotopic (exact) mass is 230 g/mol. The third-order valence-electron chi connectivity index (χ3n) is 3.74. The van der Waals surface area contributed by atoms with E-state index in [1.807, 2.05) is 25.1 Å². The third kappa shape index (κ3) is 2.49. The lowest BCUT2D eigenvalue weighted by Gasteiger charge is -2.41. The van der Waals surface area contributed by atoms with E-state index in [4.69, 9.17) is 5.26 Å². The fourth-order valence-electron chi connectivity index (χ4n) is 2.24. The molecule has 0 amide bonds. The van der Waals surface area contributed by atoms with Crippen LogP contribution in [0.4, 0.5) is 0 Å². The second-order valence-electron chi connectivity index (χ2n) is 4.90. The number of hydrogen-bond acceptors (Lipinski definition) is 3. The van der Waals surface area contributed by atoms with Crippen molar-refractivity contribution in [3.05, 3.63) is 34.9 Å². The lowest BCUT2D eigenvalue weighted by Crippen LogP contribution is -2.53. The molecule has 0 bridgehead atoms. The molecule has 3 nitrogen and oxygen atoms in total. The molecular formula is C14H18N2O. The maximum absolute atomic E-state index is 9.36. The van der Waals surface area contributed by atoms with Gasteiger partial charge in [0.2, 0.25) is 0 Å². The van der Waals surface area contributed by atoms with Crippen LogP contribution in [0.3, 0.4) is 0 Å². The zero-order valence-corrected chi connectivity index (χ0v) is 10.2. The van der Waals surface area contributed by atoms with Gasteiger partial charge in [0.15, 0.2) is 0 Å². The van der Waals surface area contributed by atoms with E-state index in [2.05, 4.69) is 11.4 Å². The fraction of sp³-hybridized carbons (Fsp3) is 0.500. The van der Waals surface area contributed by atoms with Crippen molar-refractivity contribution < 1.29 is 5.11 Å². The number of nitrogens with one attached hydrogen (secondary N) is 1. The Hall–Kier alpha value is -1.37. The molecule has 0 unspecified atom stereocenters. The molecule has 3 heteroatoms. The lowest BCUT2D eigenvalue weighted by molar-refractivity contribution is 0.0871. The second-order valence-corrected chi connectivity index (χ2v) is 4.90. The second kappa shape index (κ2) is 4.87. The lowest BCUT2D eigenvalue weighted by atomic mass is 9.77. The van der Waals surface area contributed by atoms with Crippen LogP contribution in [0.2, 0.25) is 0 Å². The molecule has 1 aromatic carbocycles. The molecule has 0 saturated heterocycles. The number of aliphatic hydroxyl groups excluding tert-OH is 1. The smallest absolute Gasteiger partial charge is 0.0991 e. The molecule has 2 rings (SSSR count). The summed E-state index contributed by atoms with van der Waals surface area (Å²) in [6, 6.07) is 7.88. The molecule has 1 aromatic rings. The zero-order valence-electron chi connectivity index (χ0n) is 10.2. The van der Waals surface area contributed by atoms with Crippen LogP contribution < -0.4 is 5.32 Å². The molecule has 1 aliphatic rings. The highest BCUT2D eigenvalue weighted by atomic mass is 16.3. The molecule has 0 atom stereocenters. The van der Waals surface area contributed by atoms with Crippen LogP contribution in [0, 0.1) is 18.3 Å². The van der Waals surface area contributed by atoms with E-state index in [9.17, 15) is 5.11 Å². The molecule has 1 aliphatic carbocycles.